The molecular weight excluding hydrogens is 384 g/mol. The second-order valence-electron chi connectivity index (χ2n) is 6.53. The van der Waals surface area contributed by atoms with Crippen LogP contribution in [-0.4, -0.2) is 42.4 Å². The summed E-state index contributed by atoms with van der Waals surface area (Å²) in [6.07, 6.45) is 4.28. The molecule has 1 atom stereocenters. The van der Waals surface area contributed by atoms with Gasteiger partial charge in [-0.2, -0.15) is 0 Å². The summed E-state index contributed by atoms with van der Waals surface area (Å²) in [5, 5.41) is 2.57. The average Bonchev–Trinajstić information content (AvgIpc) is 3.26. The SMILES string of the molecule is C=CCOc1ccc(CCC(=O)c2ccc(C(=O)N[C@@H](CC=C)C(=O)OC)[nH]2)cc1. The van der Waals surface area contributed by atoms with Gasteiger partial charge in [-0.1, -0.05) is 30.9 Å². The van der Waals surface area contributed by atoms with Crippen LogP contribution in [0.1, 0.15) is 39.4 Å². The number of hydrogen-bond donors (Lipinski definition) is 2. The van der Waals surface area contributed by atoms with E-state index in [9.17, 15) is 14.4 Å². The predicted molar refractivity (Wildman–Crippen MR) is 114 cm³/mol. The fourth-order valence-corrected chi connectivity index (χ4v) is 2.75. The Hall–Kier alpha value is -3.61. The normalized spacial score (nSPS) is 11.2. The number of hydrogen-bond acceptors (Lipinski definition) is 5. The smallest absolute Gasteiger partial charge is 0.328 e. The molecule has 0 unspecified atom stereocenters. The van der Waals surface area contributed by atoms with E-state index in [4.69, 9.17) is 4.74 Å². The van der Waals surface area contributed by atoms with E-state index < -0.39 is 17.9 Å². The molecule has 2 aromatic rings. The highest BCUT2D eigenvalue weighted by molar-refractivity contribution is 5.99. The molecule has 2 rings (SSSR count). The largest absolute Gasteiger partial charge is 0.490 e. The van der Waals surface area contributed by atoms with Crippen molar-refractivity contribution in [2.45, 2.75) is 25.3 Å². The second-order valence-corrected chi connectivity index (χ2v) is 6.53. The lowest BCUT2D eigenvalue weighted by atomic mass is 10.1. The van der Waals surface area contributed by atoms with Gasteiger partial charge in [0.25, 0.3) is 5.91 Å². The molecule has 1 amide bonds. The maximum atomic E-state index is 12.5. The molecule has 7 nitrogen and oxygen atoms in total. The molecule has 0 spiro atoms. The van der Waals surface area contributed by atoms with Crippen molar-refractivity contribution in [3.05, 3.63) is 78.7 Å². The molecule has 0 aliphatic carbocycles. The average molecular weight is 410 g/mol. The van der Waals surface area contributed by atoms with Crippen LogP contribution in [0.3, 0.4) is 0 Å². The summed E-state index contributed by atoms with van der Waals surface area (Å²) in [4.78, 5) is 39.3. The fourth-order valence-electron chi connectivity index (χ4n) is 2.75. The number of carbonyl (C=O) groups excluding carboxylic acids is 3. The third-order valence-electron chi connectivity index (χ3n) is 4.36. The van der Waals surface area contributed by atoms with Crippen LogP contribution in [0.15, 0.2) is 61.7 Å². The number of carbonyl (C=O) groups is 3. The standard InChI is InChI=1S/C23H26N2O5/c1-4-6-20(23(28)29-3)25-22(27)19-13-12-18(24-19)21(26)14-9-16-7-10-17(11-8-16)30-15-5-2/h4-5,7-8,10-13,20,24H,1-2,6,9,14-15H2,3H3,(H,25,27)/t20-/m0/s1. The molecule has 0 aliphatic heterocycles. The zero-order valence-corrected chi connectivity index (χ0v) is 17.0. The van der Waals surface area contributed by atoms with Crippen LogP contribution < -0.4 is 10.1 Å². The maximum Gasteiger partial charge on any atom is 0.328 e. The molecule has 0 aliphatic rings. The first kappa shape index (κ1) is 22.7. The molecule has 0 radical (unpaired) electrons. The lowest BCUT2D eigenvalue weighted by Crippen LogP contribution is -2.41. The number of nitrogens with one attached hydrogen (secondary N) is 2. The fraction of sp³-hybridized carbons (Fsp3) is 0.261. The second kappa shape index (κ2) is 11.4. The topological polar surface area (TPSA) is 97.5 Å². The van der Waals surface area contributed by atoms with E-state index in [1.54, 1.807) is 12.1 Å². The number of ketones is 1. The zero-order chi connectivity index (χ0) is 21.9. The predicted octanol–water partition coefficient (Wildman–Crippen LogP) is 3.24. The molecule has 0 bridgehead atoms. The molecule has 1 aromatic heterocycles. The van der Waals surface area contributed by atoms with Gasteiger partial charge in [0, 0.05) is 6.42 Å². The number of ether oxygens (including phenoxy) is 2. The summed E-state index contributed by atoms with van der Waals surface area (Å²) in [6.45, 7) is 7.61. The summed E-state index contributed by atoms with van der Waals surface area (Å²) in [5.74, 6) is -0.434. The molecule has 7 heteroatoms. The first-order chi connectivity index (χ1) is 14.5. The number of esters is 1. The Morgan fingerprint density at radius 2 is 1.77 bits per heavy atom. The summed E-state index contributed by atoms with van der Waals surface area (Å²) < 4.78 is 10.1. The van der Waals surface area contributed by atoms with Crippen molar-refractivity contribution in [1.29, 1.82) is 0 Å². The van der Waals surface area contributed by atoms with Gasteiger partial charge < -0.3 is 19.8 Å². The highest BCUT2D eigenvalue weighted by Gasteiger charge is 2.22. The molecular formula is C23H26N2O5. The van der Waals surface area contributed by atoms with Crippen LogP contribution in [0.25, 0.3) is 0 Å². The van der Waals surface area contributed by atoms with E-state index in [0.717, 1.165) is 11.3 Å². The van der Waals surface area contributed by atoms with Gasteiger partial charge in [-0.25, -0.2) is 4.79 Å². The number of H-pyrrole nitrogens is 1. The Balaban J connectivity index is 1.92. The Labute approximate surface area is 175 Å². The van der Waals surface area contributed by atoms with Gasteiger partial charge in [0.2, 0.25) is 0 Å². The third kappa shape index (κ3) is 6.48. The summed E-state index contributed by atoms with van der Waals surface area (Å²) in [6, 6.07) is 9.75. The lowest BCUT2D eigenvalue weighted by Gasteiger charge is -2.14. The van der Waals surface area contributed by atoms with E-state index in [0.29, 0.717) is 18.7 Å². The number of benzene rings is 1. The lowest BCUT2D eigenvalue weighted by molar-refractivity contribution is -0.142. The van der Waals surface area contributed by atoms with Crippen molar-refractivity contribution >= 4 is 17.7 Å². The number of amides is 1. The van der Waals surface area contributed by atoms with Crippen molar-refractivity contribution in [1.82, 2.24) is 10.3 Å². The van der Waals surface area contributed by atoms with Gasteiger partial charge in [-0.3, -0.25) is 9.59 Å². The molecule has 1 aromatic carbocycles. The molecule has 30 heavy (non-hydrogen) atoms. The van der Waals surface area contributed by atoms with Crippen LogP contribution in [0.2, 0.25) is 0 Å². The van der Waals surface area contributed by atoms with Crippen LogP contribution >= 0.6 is 0 Å². The molecule has 0 saturated carbocycles. The summed E-state index contributed by atoms with van der Waals surface area (Å²) >= 11 is 0. The molecule has 1 heterocycles. The van der Waals surface area contributed by atoms with Crippen molar-refractivity contribution in [2.75, 3.05) is 13.7 Å². The first-order valence-electron chi connectivity index (χ1n) is 9.53. The maximum absolute atomic E-state index is 12.5. The minimum atomic E-state index is -0.833. The third-order valence-corrected chi connectivity index (χ3v) is 4.36. The Morgan fingerprint density at radius 3 is 2.40 bits per heavy atom. The van der Waals surface area contributed by atoms with E-state index in [1.807, 2.05) is 24.3 Å². The molecule has 0 fully saturated rings. The van der Waals surface area contributed by atoms with Gasteiger partial charge in [0.1, 0.15) is 24.1 Å². The van der Waals surface area contributed by atoms with Gasteiger partial charge in [0.15, 0.2) is 5.78 Å². The van der Waals surface area contributed by atoms with Crippen molar-refractivity contribution in [3.63, 3.8) is 0 Å². The van der Waals surface area contributed by atoms with E-state index in [2.05, 4.69) is 28.2 Å². The highest BCUT2D eigenvalue weighted by atomic mass is 16.5. The number of Topliss-reactive ketones (excluding diaryl/α,β-unsaturated/α-hetero) is 1. The Kier molecular flexibility index (Phi) is 8.62. The molecule has 2 N–H and O–H groups in total. The van der Waals surface area contributed by atoms with E-state index in [1.165, 1.54) is 19.3 Å². The Morgan fingerprint density at radius 1 is 1.07 bits per heavy atom. The molecule has 0 saturated heterocycles. The minimum Gasteiger partial charge on any atom is -0.490 e. The van der Waals surface area contributed by atoms with Crippen molar-refractivity contribution in [2.24, 2.45) is 0 Å². The number of aromatic amines is 1. The van der Waals surface area contributed by atoms with E-state index in [-0.39, 0.29) is 24.3 Å². The Bertz CT molecular complexity index is 899. The number of aryl methyl sites for hydroxylation is 1. The first-order valence-corrected chi connectivity index (χ1v) is 9.53. The van der Waals surface area contributed by atoms with Gasteiger partial charge >= 0.3 is 5.97 Å². The highest BCUT2D eigenvalue weighted by Crippen LogP contribution is 2.15. The number of methoxy groups -OCH3 is 1. The van der Waals surface area contributed by atoms with Gasteiger partial charge in [-0.05, 0) is 42.7 Å². The number of aromatic nitrogens is 1. The number of rotatable bonds is 12. The van der Waals surface area contributed by atoms with Crippen LogP contribution in [0.5, 0.6) is 5.75 Å². The zero-order valence-electron chi connectivity index (χ0n) is 17.0. The van der Waals surface area contributed by atoms with Crippen molar-refractivity contribution < 1.29 is 23.9 Å². The van der Waals surface area contributed by atoms with Gasteiger partial charge in [0.05, 0.1) is 12.8 Å². The molecule has 158 valence electrons. The van der Waals surface area contributed by atoms with Crippen LogP contribution in [0, 0.1) is 0 Å². The monoisotopic (exact) mass is 410 g/mol. The minimum absolute atomic E-state index is 0.114. The van der Waals surface area contributed by atoms with E-state index >= 15 is 0 Å². The van der Waals surface area contributed by atoms with Crippen LogP contribution in [0.4, 0.5) is 0 Å². The van der Waals surface area contributed by atoms with Crippen LogP contribution in [-0.2, 0) is 16.0 Å². The summed E-state index contributed by atoms with van der Waals surface area (Å²) in [7, 11) is 1.25. The summed E-state index contributed by atoms with van der Waals surface area (Å²) in [5.41, 5.74) is 1.54. The quantitative estimate of drug-likeness (QED) is 0.318. The van der Waals surface area contributed by atoms with Gasteiger partial charge in [-0.15, -0.1) is 6.58 Å². The van der Waals surface area contributed by atoms with Crippen molar-refractivity contribution in [3.8, 4) is 5.75 Å².